The average Bonchev–Trinajstić information content (AvgIpc) is 0.917. The predicted octanol–water partition coefficient (Wildman–Crippen LogP) is 25.9. The molecule has 0 aliphatic heterocycles. The van der Waals surface area contributed by atoms with Gasteiger partial charge in [-0.2, -0.15) is 0 Å². The minimum atomic E-state index is -4.96. The molecule has 0 saturated heterocycles. The highest BCUT2D eigenvalue weighted by atomic mass is 31.2. The van der Waals surface area contributed by atoms with Crippen LogP contribution >= 0.6 is 15.6 Å². The Kier molecular flexibility index (Phi) is 73.4. The van der Waals surface area contributed by atoms with Crippen molar-refractivity contribution in [3.63, 3.8) is 0 Å². The number of rotatable bonds is 83. The minimum Gasteiger partial charge on any atom is -0.462 e. The second-order valence-electron chi connectivity index (χ2n) is 32.6. The molecule has 0 aliphatic carbocycles. The predicted molar refractivity (Wildman–Crippen MR) is 432 cm³/mol. The number of hydrogen-bond donors (Lipinski definition) is 3. The molecule has 0 spiro atoms. The van der Waals surface area contributed by atoms with E-state index in [1.807, 2.05) is 0 Å². The topological polar surface area (TPSA) is 237 Å². The maximum absolute atomic E-state index is 13.1. The van der Waals surface area contributed by atoms with E-state index in [2.05, 4.69) is 55.4 Å². The Morgan fingerprint density at radius 1 is 0.267 bits per heavy atom. The molecule has 624 valence electrons. The number of unbranched alkanes of at least 4 members (excludes halogenated alkanes) is 48. The molecule has 0 fully saturated rings. The summed E-state index contributed by atoms with van der Waals surface area (Å²) in [5.74, 6) is 1.05. The molecule has 0 aromatic carbocycles. The van der Waals surface area contributed by atoms with Crippen LogP contribution in [0.3, 0.4) is 0 Å². The first-order valence-corrected chi connectivity index (χ1v) is 47.2. The lowest BCUT2D eigenvalue weighted by atomic mass is 9.99. The van der Waals surface area contributed by atoms with Crippen molar-refractivity contribution in [2.75, 3.05) is 39.6 Å². The van der Waals surface area contributed by atoms with Gasteiger partial charge in [-0.3, -0.25) is 37.3 Å². The molecule has 0 amide bonds. The van der Waals surface area contributed by atoms with Gasteiger partial charge in [-0.25, -0.2) is 9.13 Å². The standard InChI is InChI=1S/C86H168O17P2/c1-9-79(8)65-57-49-41-33-27-20-16-12-10-11-13-17-22-29-35-43-52-60-68-85(90)103-82(73-97-84(89)67-59-51-45-37-40-48-56-64-78(6)7)75-101-105(94,95)99-71-80(87)70-98-104(92,93)100-74-81(102-86(91)69-61-53-44-36-30-24-23-26-32-39-47-55-63-77(4)5)72-96-83(88)66-58-50-42-34-28-21-18-14-15-19-25-31-38-46-54-62-76(2)3/h76-82,87H,9-75H2,1-8H3,(H,92,93)(H,94,95)/t79?,80?,81-,82-/m1/s1. The van der Waals surface area contributed by atoms with Gasteiger partial charge >= 0.3 is 39.5 Å². The zero-order valence-electron chi connectivity index (χ0n) is 69.4. The monoisotopic (exact) mass is 1540 g/mol. The normalized spacial score (nSPS) is 14.2. The lowest BCUT2D eigenvalue weighted by Crippen LogP contribution is -2.30. The van der Waals surface area contributed by atoms with Crippen molar-refractivity contribution in [2.45, 2.75) is 465 Å². The summed E-state index contributed by atoms with van der Waals surface area (Å²) in [6.07, 6.45) is 63.9. The smallest absolute Gasteiger partial charge is 0.462 e. The molecule has 0 rings (SSSR count). The number of ether oxygens (including phenoxy) is 4. The van der Waals surface area contributed by atoms with Crippen molar-refractivity contribution in [2.24, 2.45) is 23.7 Å². The maximum Gasteiger partial charge on any atom is 0.472 e. The molecule has 6 atom stereocenters. The molecule has 3 N–H and O–H groups in total. The Morgan fingerprint density at radius 2 is 0.457 bits per heavy atom. The zero-order valence-corrected chi connectivity index (χ0v) is 71.2. The van der Waals surface area contributed by atoms with Crippen LogP contribution in [0.4, 0.5) is 0 Å². The van der Waals surface area contributed by atoms with Crippen molar-refractivity contribution >= 4 is 39.5 Å². The van der Waals surface area contributed by atoms with Crippen LogP contribution in [0.2, 0.25) is 0 Å². The second kappa shape index (κ2) is 74.8. The van der Waals surface area contributed by atoms with E-state index in [0.29, 0.717) is 31.6 Å². The summed E-state index contributed by atoms with van der Waals surface area (Å²) >= 11 is 0. The van der Waals surface area contributed by atoms with E-state index < -0.39 is 97.5 Å². The summed E-state index contributed by atoms with van der Waals surface area (Å²) in [4.78, 5) is 73.2. The number of aliphatic hydroxyl groups excluding tert-OH is 1. The third-order valence-electron chi connectivity index (χ3n) is 20.4. The van der Waals surface area contributed by atoms with Crippen LogP contribution in [0.5, 0.6) is 0 Å². The van der Waals surface area contributed by atoms with Gasteiger partial charge in [0.15, 0.2) is 12.2 Å². The number of hydrogen-bond acceptors (Lipinski definition) is 15. The summed E-state index contributed by atoms with van der Waals surface area (Å²) in [5, 5.41) is 10.7. The number of esters is 4. The molecule has 105 heavy (non-hydrogen) atoms. The molecule has 19 heteroatoms. The van der Waals surface area contributed by atoms with Crippen molar-refractivity contribution in [1.82, 2.24) is 0 Å². The lowest BCUT2D eigenvalue weighted by Gasteiger charge is -2.21. The van der Waals surface area contributed by atoms with Crippen LogP contribution in [-0.4, -0.2) is 96.7 Å². The van der Waals surface area contributed by atoms with Crippen LogP contribution in [0.25, 0.3) is 0 Å². The van der Waals surface area contributed by atoms with Crippen molar-refractivity contribution < 1.29 is 80.2 Å². The molecule has 0 aromatic rings. The summed E-state index contributed by atoms with van der Waals surface area (Å²) in [5.41, 5.74) is 0. The van der Waals surface area contributed by atoms with Crippen molar-refractivity contribution in [3.05, 3.63) is 0 Å². The first-order valence-electron chi connectivity index (χ1n) is 44.2. The van der Waals surface area contributed by atoms with Crippen LogP contribution in [-0.2, 0) is 65.4 Å². The first kappa shape index (κ1) is 103. The Morgan fingerprint density at radius 3 is 0.676 bits per heavy atom. The number of phosphoric acid groups is 2. The second-order valence-corrected chi connectivity index (χ2v) is 35.5. The Bertz CT molecular complexity index is 2040. The number of carbonyl (C=O) groups excluding carboxylic acids is 4. The number of aliphatic hydroxyl groups is 1. The third kappa shape index (κ3) is 78.5. The molecular formula is C86H168O17P2. The summed E-state index contributed by atoms with van der Waals surface area (Å²) in [6.45, 7) is 14.3. The molecule has 0 bridgehead atoms. The van der Waals surface area contributed by atoms with E-state index in [4.69, 9.17) is 37.0 Å². The molecule has 4 unspecified atom stereocenters. The fourth-order valence-electron chi connectivity index (χ4n) is 13.3. The highest BCUT2D eigenvalue weighted by Gasteiger charge is 2.31. The Hall–Kier alpha value is -1.94. The fraction of sp³-hybridized carbons (Fsp3) is 0.953. The SMILES string of the molecule is CCC(C)CCCCCCCCCCCCCCCCCCCCC(=O)O[C@H](COC(=O)CCCCCCCCCC(C)C)COP(=O)(O)OCC(O)COP(=O)(O)OC[C@@H](COC(=O)CCCCCCCCCCCCCCCCCC(C)C)OC(=O)CCCCCCCCCCCCCCC(C)C. The molecule has 0 saturated carbocycles. The average molecular weight is 1540 g/mol. The largest absolute Gasteiger partial charge is 0.472 e. The van der Waals surface area contributed by atoms with Crippen molar-refractivity contribution in [3.8, 4) is 0 Å². The lowest BCUT2D eigenvalue weighted by molar-refractivity contribution is -0.161. The molecule has 0 aliphatic rings. The van der Waals surface area contributed by atoms with Crippen LogP contribution in [0.15, 0.2) is 0 Å². The highest BCUT2D eigenvalue weighted by Crippen LogP contribution is 2.45. The molecule has 0 heterocycles. The van der Waals surface area contributed by atoms with E-state index in [-0.39, 0.29) is 25.7 Å². The maximum atomic E-state index is 13.1. The van der Waals surface area contributed by atoms with Gasteiger partial charge in [0.1, 0.15) is 19.3 Å². The molecular weight excluding hydrogens is 1370 g/mol. The van der Waals surface area contributed by atoms with Gasteiger partial charge in [0.25, 0.3) is 0 Å². The zero-order chi connectivity index (χ0) is 77.4. The van der Waals surface area contributed by atoms with Gasteiger partial charge in [-0.1, -0.05) is 396 Å². The van der Waals surface area contributed by atoms with Crippen molar-refractivity contribution in [1.29, 1.82) is 0 Å². The van der Waals surface area contributed by atoms with E-state index >= 15 is 0 Å². The summed E-state index contributed by atoms with van der Waals surface area (Å²) in [6, 6.07) is 0. The quantitative estimate of drug-likeness (QED) is 0.0222. The van der Waals surface area contributed by atoms with Gasteiger partial charge in [0.05, 0.1) is 26.4 Å². The highest BCUT2D eigenvalue weighted by molar-refractivity contribution is 7.47. The Balaban J connectivity index is 5.20. The van der Waals surface area contributed by atoms with Gasteiger partial charge in [-0.05, 0) is 49.4 Å². The van der Waals surface area contributed by atoms with Crippen LogP contribution in [0, 0.1) is 23.7 Å². The molecule has 0 radical (unpaired) electrons. The first-order chi connectivity index (χ1) is 50.6. The number of carbonyl (C=O) groups is 4. The van der Waals surface area contributed by atoms with E-state index in [1.54, 1.807) is 0 Å². The Labute approximate surface area is 645 Å². The fourth-order valence-corrected chi connectivity index (χ4v) is 14.9. The minimum absolute atomic E-state index is 0.107. The van der Waals surface area contributed by atoms with Gasteiger partial charge in [-0.15, -0.1) is 0 Å². The van der Waals surface area contributed by atoms with Crippen LogP contribution < -0.4 is 0 Å². The molecule has 17 nitrogen and oxygen atoms in total. The van der Waals surface area contributed by atoms with Gasteiger partial charge < -0.3 is 33.8 Å². The van der Waals surface area contributed by atoms with Gasteiger partial charge in [0, 0.05) is 25.7 Å². The van der Waals surface area contributed by atoms with Crippen LogP contribution in [0.1, 0.15) is 447 Å². The summed E-state index contributed by atoms with van der Waals surface area (Å²) in [7, 11) is -9.93. The third-order valence-corrected chi connectivity index (χ3v) is 22.3. The molecule has 0 aromatic heterocycles. The van der Waals surface area contributed by atoms with E-state index in [9.17, 15) is 43.2 Å². The van der Waals surface area contributed by atoms with E-state index in [0.717, 1.165) is 114 Å². The van der Waals surface area contributed by atoms with Gasteiger partial charge in [0.2, 0.25) is 0 Å². The van der Waals surface area contributed by atoms with E-state index in [1.165, 1.54) is 244 Å². The number of phosphoric ester groups is 2. The summed E-state index contributed by atoms with van der Waals surface area (Å²) < 4.78 is 68.9.